The Hall–Kier alpha value is -1.14. The standard InChI is InChI=1S/C11H20N2O4/c1-4-9-11(15)13(6-10(14)12-9)5-8(17-3)7-16-2/h8-9H,4-7H2,1-3H3,(H,12,14). The van der Waals surface area contributed by atoms with Gasteiger partial charge in [0.15, 0.2) is 0 Å². The molecule has 0 aromatic rings. The molecule has 98 valence electrons. The Morgan fingerprint density at radius 3 is 2.71 bits per heavy atom. The molecule has 1 heterocycles. The number of carbonyl (C=O) groups is 2. The van der Waals surface area contributed by atoms with Crippen molar-refractivity contribution in [2.45, 2.75) is 25.5 Å². The highest BCUT2D eigenvalue weighted by atomic mass is 16.5. The Labute approximate surface area is 101 Å². The highest BCUT2D eigenvalue weighted by molar-refractivity contribution is 5.94. The van der Waals surface area contributed by atoms with Crippen LogP contribution >= 0.6 is 0 Å². The topological polar surface area (TPSA) is 67.9 Å². The quantitative estimate of drug-likeness (QED) is 0.676. The highest BCUT2D eigenvalue weighted by Crippen LogP contribution is 2.07. The summed E-state index contributed by atoms with van der Waals surface area (Å²) in [5.74, 6) is -0.172. The zero-order chi connectivity index (χ0) is 12.8. The van der Waals surface area contributed by atoms with Gasteiger partial charge in [0.05, 0.1) is 19.3 Å². The number of amides is 2. The van der Waals surface area contributed by atoms with Crippen LogP contribution in [0.25, 0.3) is 0 Å². The van der Waals surface area contributed by atoms with E-state index in [4.69, 9.17) is 9.47 Å². The molecule has 0 spiro atoms. The lowest BCUT2D eigenvalue weighted by molar-refractivity contribution is -0.146. The minimum absolute atomic E-state index is 0.0507. The lowest BCUT2D eigenvalue weighted by Crippen LogP contribution is -2.59. The minimum Gasteiger partial charge on any atom is -0.382 e. The molecule has 0 aromatic heterocycles. The molecular weight excluding hydrogens is 224 g/mol. The highest BCUT2D eigenvalue weighted by Gasteiger charge is 2.32. The molecular formula is C11H20N2O4. The van der Waals surface area contributed by atoms with Crippen molar-refractivity contribution in [1.29, 1.82) is 0 Å². The SMILES string of the molecule is CCC1NC(=O)CN(CC(COC)OC)C1=O. The number of carbonyl (C=O) groups excluding carboxylic acids is 2. The Morgan fingerprint density at radius 2 is 2.18 bits per heavy atom. The lowest BCUT2D eigenvalue weighted by atomic mass is 10.1. The fourth-order valence-electron chi connectivity index (χ4n) is 1.83. The van der Waals surface area contributed by atoms with E-state index in [1.54, 1.807) is 14.2 Å². The summed E-state index contributed by atoms with van der Waals surface area (Å²) < 4.78 is 10.2. The van der Waals surface area contributed by atoms with Crippen molar-refractivity contribution in [3.63, 3.8) is 0 Å². The number of hydrogen-bond acceptors (Lipinski definition) is 4. The summed E-state index contributed by atoms with van der Waals surface area (Å²) in [7, 11) is 3.14. The van der Waals surface area contributed by atoms with E-state index in [0.29, 0.717) is 19.6 Å². The summed E-state index contributed by atoms with van der Waals surface area (Å²) >= 11 is 0. The fraction of sp³-hybridized carbons (Fsp3) is 0.818. The average Bonchev–Trinajstić information content (AvgIpc) is 2.32. The Morgan fingerprint density at radius 1 is 1.47 bits per heavy atom. The third-order valence-corrected chi connectivity index (χ3v) is 2.80. The number of rotatable bonds is 6. The third kappa shape index (κ3) is 3.67. The molecule has 2 unspecified atom stereocenters. The van der Waals surface area contributed by atoms with Crippen LogP contribution in [0.5, 0.6) is 0 Å². The van der Waals surface area contributed by atoms with E-state index >= 15 is 0 Å². The Kier molecular flexibility index (Phi) is 5.37. The largest absolute Gasteiger partial charge is 0.382 e. The van der Waals surface area contributed by atoms with E-state index in [1.165, 1.54) is 4.90 Å². The number of nitrogens with one attached hydrogen (secondary N) is 1. The molecule has 1 N–H and O–H groups in total. The van der Waals surface area contributed by atoms with E-state index in [1.807, 2.05) is 6.92 Å². The van der Waals surface area contributed by atoms with Crippen molar-refractivity contribution >= 4 is 11.8 Å². The van der Waals surface area contributed by atoms with Gasteiger partial charge in [0.1, 0.15) is 6.04 Å². The molecule has 0 saturated carbocycles. The van der Waals surface area contributed by atoms with Crippen molar-refractivity contribution in [3.8, 4) is 0 Å². The second-order valence-corrected chi connectivity index (χ2v) is 4.06. The average molecular weight is 244 g/mol. The summed E-state index contributed by atoms with van der Waals surface area (Å²) in [5.41, 5.74) is 0. The first-order valence-electron chi connectivity index (χ1n) is 5.72. The van der Waals surface area contributed by atoms with Gasteiger partial charge in [-0.3, -0.25) is 9.59 Å². The van der Waals surface area contributed by atoms with Crippen LogP contribution in [0.15, 0.2) is 0 Å². The molecule has 17 heavy (non-hydrogen) atoms. The van der Waals surface area contributed by atoms with Gasteiger partial charge in [-0.2, -0.15) is 0 Å². The maximum atomic E-state index is 12.0. The van der Waals surface area contributed by atoms with Crippen LogP contribution in [0.4, 0.5) is 0 Å². The molecule has 1 rings (SSSR count). The first-order chi connectivity index (χ1) is 8.12. The van der Waals surface area contributed by atoms with E-state index in [0.717, 1.165) is 0 Å². The second kappa shape index (κ2) is 6.56. The molecule has 1 fully saturated rings. The van der Waals surface area contributed by atoms with Gasteiger partial charge in [-0.25, -0.2) is 0 Å². The van der Waals surface area contributed by atoms with Crippen molar-refractivity contribution < 1.29 is 19.1 Å². The van der Waals surface area contributed by atoms with Crippen molar-refractivity contribution in [3.05, 3.63) is 0 Å². The molecule has 0 radical (unpaired) electrons. The molecule has 6 nitrogen and oxygen atoms in total. The Bertz CT molecular complexity index is 283. The number of nitrogens with zero attached hydrogens (tertiary/aromatic N) is 1. The predicted octanol–water partition coefficient (Wildman–Crippen LogP) is -0.615. The van der Waals surface area contributed by atoms with Crippen LogP contribution in [0.1, 0.15) is 13.3 Å². The van der Waals surface area contributed by atoms with Crippen LogP contribution in [0.3, 0.4) is 0 Å². The smallest absolute Gasteiger partial charge is 0.245 e. The molecule has 1 aliphatic rings. The van der Waals surface area contributed by atoms with Crippen LogP contribution in [-0.2, 0) is 19.1 Å². The van der Waals surface area contributed by atoms with E-state index in [9.17, 15) is 9.59 Å². The van der Waals surface area contributed by atoms with Gasteiger partial charge in [0.2, 0.25) is 11.8 Å². The first-order valence-corrected chi connectivity index (χ1v) is 5.72. The van der Waals surface area contributed by atoms with E-state index in [2.05, 4.69) is 5.32 Å². The number of hydrogen-bond donors (Lipinski definition) is 1. The zero-order valence-corrected chi connectivity index (χ0v) is 10.6. The van der Waals surface area contributed by atoms with Gasteiger partial charge in [-0.05, 0) is 6.42 Å². The van der Waals surface area contributed by atoms with E-state index in [-0.39, 0.29) is 24.5 Å². The van der Waals surface area contributed by atoms with Gasteiger partial charge in [0, 0.05) is 20.8 Å². The lowest BCUT2D eigenvalue weighted by Gasteiger charge is -2.33. The molecule has 0 aromatic carbocycles. The minimum atomic E-state index is -0.406. The molecule has 1 aliphatic heterocycles. The zero-order valence-electron chi connectivity index (χ0n) is 10.6. The summed E-state index contributed by atoms with van der Waals surface area (Å²) in [6.07, 6.45) is 0.399. The third-order valence-electron chi connectivity index (χ3n) is 2.80. The predicted molar refractivity (Wildman–Crippen MR) is 61.5 cm³/mol. The van der Waals surface area contributed by atoms with Gasteiger partial charge < -0.3 is 19.7 Å². The fourth-order valence-corrected chi connectivity index (χ4v) is 1.83. The normalized spacial score (nSPS) is 22.5. The molecule has 0 aliphatic carbocycles. The number of piperazine rings is 1. The number of ether oxygens (including phenoxy) is 2. The second-order valence-electron chi connectivity index (χ2n) is 4.06. The number of methoxy groups -OCH3 is 2. The van der Waals surface area contributed by atoms with E-state index < -0.39 is 6.04 Å². The summed E-state index contributed by atoms with van der Waals surface area (Å²) in [5, 5.41) is 2.67. The van der Waals surface area contributed by atoms with Crippen molar-refractivity contribution in [1.82, 2.24) is 10.2 Å². The van der Waals surface area contributed by atoms with Gasteiger partial charge in [0.25, 0.3) is 0 Å². The molecule has 0 bridgehead atoms. The summed E-state index contributed by atoms with van der Waals surface area (Å²) in [6, 6.07) is -0.406. The van der Waals surface area contributed by atoms with Crippen LogP contribution < -0.4 is 5.32 Å². The van der Waals surface area contributed by atoms with Crippen molar-refractivity contribution in [2.75, 3.05) is 33.9 Å². The molecule has 2 atom stereocenters. The molecule has 2 amide bonds. The van der Waals surface area contributed by atoms with Gasteiger partial charge >= 0.3 is 0 Å². The Balaban J connectivity index is 2.61. The van der Waals surface area contributed by atoms with Gasteiger partial charge in [-0.1, -0.05) is 6.92 Å². The first kappa shape index (κ1) is 13.9. The summed E-state index contributed by atoms with van der Waals surface area (Å²) in [4.78, 5) is 24.9. The van der Waals surface area contributed by atoms with Crippen molar-refractivity contribution in [2.24, 2.45) is 0 Å². The van der Waals surface area contributed by atoms with Gasteiger partial charge in [-0.15, -0.1) is 0 Å². The van der Waals surface area contributed by atoms with Crippen LogP contribution in [-0.4, -0.2) is 62.8 Å². The molecule has 1 saturated heterocycles. The molecule has 6 heteroatoms. The maximum Gasteiger partial charge on any atom is 0.245 e. The van der Waals surface area contributed by atoms with Crippen LogP contribution in [0.2, 0.25) is 0 Å². The maximum absolute atomic E-state index is 12.0. The monoisotopic (exact) mass is 244 g/mol. The summed E-state index contributed by atoms with van der Waals surface area (Å²) in [6.45, 7) is 2.75. The van der Waals surface area contributed by atoms with Crippen LogP contribution in [0, 0.1) is 0 Å².